The van der Waals surface area contributed by atoms with Gasteiger partial charge in [-0.3, -0.25) is 4.98 Å². The number of allylic oxidation sites excluding steroid dienone is 4. The van der Waals surface area contributed by atoms with Crippen LogP contribution in [0.2, 0.25) is 0 Å². The van der Waals surface area contributed by atoms with Crippen molar-refractivity contribution in [3.8, 4) is 11.8 Å². The van der Waals surface area contributed by atoms with Gasteiger partial charge in [0.1, 0.15) is 0 Å². The van der Waals surface area contributed by atoms with Gasteiger partial charge >= 0.3 is 0 Å². The third-order valence-corrected chi connectivity index (χ3v) is 3.38. The second-order valence-corrected chi connectivity index (χ2v) is 4.56. The summed E-state index contributed by atoms with van der Waals surface area (Å²) >= 11 is 0. The van der Waals surface area contributed by atoms with E-state index in [2.05, 4.69) is 29.0 Å². The van der Waals surface area contributed by atoms with Crippen molar-refractivity contribution in [1.82, 2.24) is 4.98 Å². The Hall–Kier alpha value is -1.81. The van der Waals surface area contributed by atoms with Crippen LogP contribution in [-0.4, -0.2) is 4.98 Å². The summed E-state index contributed by atoms with van der Waals surface area (Å²) in [6.07, 6.45) is 14.2. The number of pyridine rings is 1. The van der Waals surface area contributed by atoms with Crippen molar-refractivity contribution < 1.29 is 0 Å². The Morgan fingerprint density at radius 2 is 2.00 bits per heavy atom. The van der Waals surface area contributed by atoms with Gasteiger partial charge in [-0.25, -0.2) is 0 Å². The highest BCUT2D eigenvalue weighted by molar-refractivity contribution is 5.52. The maximum atomic E-state index is 4.19. The highest BCUT2D eigenvalue weighted by Gasteiger charge is 2.09. The molecule has 1 nitrogen and oxygen atoms in total. The molecule has 0 N–H and O–H groups in total. The molecule has 1 heteroatoms. The van der Waals surface area contributed by atoms with Gasteiger partial charge in [0.05, 0.1) is 0 Å². The maximum absolute atomic E-state index is 4.19. The minimum absolute atomic E-state index is 1.09. The van der Waals surface area contributed by atoms with E-state index in [1.54, 1.807) is 0 Å². The quantitative estimate of drug-likeness (QED) is 0.612. The summed E-state index contributed by atoms with van der Waals surface area (Å²) < 4.78 is 0. The molecule has 0 radical (unpaired) electrons. The largest absolute Gasteiger partial charge is 0.264 e. The van der Waals surface area contributed by atoms with Gasteiger partial charge in [-0.1, -0.05) is 24.0 Å². The first kappa shape index (κ1) is 10.4. The Balaban J connectivity index is 2.03. The van der Waals surface area contributed by atoms with Crippen LogP contribution in [0.4, 0.5) is 0 Å². The van der Waals surface area contributed by atoms with Crippen molar-refractivity contribution in [2.45, 2.75) is 32.1 Å². The molecule has 0 saturated carbocycles. The van der Waals surface area contributed by atoms with E-state index in [9.17, 15) is 0 Å². The molecule has 1 heterocycles. The van der Waals surface area contributed by atoms with Crippen molar-refractivity contribution >= 4 is 0 Å². The molecule has 1 aromatic rings. The van der Waals surface area contributed by atoms with E-state index >= 15 is 0 Å². The van der Waals surface area contributed by atoms with Gasteiger partial charge in [-0.15, -0.1) is 0 Å². The van der Waals surface area contributed by atoms with Crippen LogP contribution in [0, 0.1) is 11.8 Å². The zero-order valence-electron chi connectivity index (χ0n) is 9.87. The van der Waals surface area contributed by atoms with E-state index in [0.717, 1.165) is 24.8 Å². The lowest BCUT2D eigenvalue weighted by Gasteiger charge is -2.10. The third kappa shape index (κ3) is 2.17. The van der Waals surface area contributed by atoms with Crippen LogP contribution in [0.25, 0.3) is 0 Å². The summed E-state index contributed by atoms with van der Waals surface area (Å²) in [6.45, 7) is 0. The van der Waals surface area contributed by atoms with Gasteiger partial charge in [0.25, 0.3) is 0 Å². The molecule has 0 saturated heterocycles. The highest BCUT2D eigenvalue weighted by Crippen LogP contribution is 2.25. The first-order chi connectivity index (χ1) is 8.43. The lowest BCUT2D eigenvalue weighted by molar-refractivity contribution is 0.804. The molecule has 2 aliphatic carbocycles. The van der Waals surface area contributed by atoms with Crippen LogP contribution in [-0.2, 0) is 6.42 Å². The van der Waals surface area contributed by atoms with Gasteiger partial charge < -0.3 is 0 Å². The normalized spacial score (nSPS) is 18.1. The fraction of sp³-hybridized carbons (Fsp3) is 0.312. The lowest BCUT2D eigenvalue weighted by Crippen LogP contribution is -1.94. The van der Waals surface area contributed by atoms with Crippen LogP contribution >= 0.6 is 0 Å². The smallest absolute Gasteiger partial charge is 0.0312 e. The van der Waals surface area contributed by atoms with Crippen molar-refractivity contribution in [3.05, 3.63) is 52.9 Å². The van der Waals surface area contributed by atoms with E-state index in [1.165, 1.54) is 29.6 Å². The Bertz CT molecular complexity index is 552. The van der Waals surface area contributed by atoms with Gasteiger partial charge in [0, 0.05) is 23.5 Å². The molecular formula is C16H15N. The van der Waals surface area contributed by atoms with Crippen molar-refractivity contribution in [2.24, 2.45) is 0 Å². The minimum atomic E-state index is 1.09. The number of hydrogen-bond acceptors (Lipinski definition) is 1. The van der Waals surface area contributed by atoms with E-state index < -0.39 is 0 Å². The maximum Gasteiger partial charge on any atom is 0.0312 e. The Kier molecular flexibility index (Phi) is 2.80. The Labute approximate surface area is 102 Å². The van der Waals surface area contributed by atoms with Gasteiger partial charge in [0.2, 0.25) is 0 Å². The molecular weight excluding hydrogens is 206 g/mol. The van der Waals surface area contributed by atoms with Crippen LogP contribution < -0.4 is 0 Å². The summed E-state index contributed by atoms with van der Waals surface area (Å²) in [5.41, 5.74) is 5.14. The predicted octanol–water partition coefficient (Wildman–Crippen LogP) is 3.42. The molecule has 0 aromatic carbocycles. The standard InChI is InChI=1S/C16H15N/c1-2-5-14-8-9-15-10-11-17-12-16(15)7-3-6-13(14)4-1/h4-5,10-12H,1-3,6-7H2. The van der Waals surface area contributed by atoms with E-state index in [0.29, 0.717) is 0 Å². The average Bonchev–Trinajstić information content (AvgIpc) is 2.47. The molecule has 0 bridgehead atoms. The number of fused-ring (bicyclic) bond motifs is 2. The Morgan fingerprint density at radius 1 is 1.06 bits per heavy atom. The molecule has 2 aliphatic rings. The first-order valence-electron chi connectivity index (χ1n) is 6.28. The van der Waals surface area contributed by atoms with E-state index in [-0.39, 0.29) is 0 Å². The van der Waals surface area contributed by atoms with Crippen LogP contribution in [0.3, 0.4) is 0 Å². The van der Waals surface area contributed by atoms with Gasteiger partial charge in [-0.05, 0) is 49.3 Å². The summed E-state index contributed by atoms with van der Waals surface area (Å²) in [5.74, 6) is 6.64. The highest BCUT2D eigenvalue weighted by atomic mass is 14.6. The van der Waals surface area contributed by atoms with Gasteiger partial charge in [0.15, 0.2) is 0 Å². The molecule has 3 rings (SSSR count). The molecule has 0 fully saturated rings. The molecule has 0 amide bonds. The van der Waals surface area contributed by atoms with Crippen molar-refractivity contribution in [1.29, 1.82) is 0 Å². The molecule has 0 aliphatic heterocycles. The van der Waals surface area contributed by atoms with Crippen LogP contribution in [0.1, 0.15) is 36.8 Å². The molecule has 17 heavy (non-hydrogen) atoms. The van der Waals surface area contributed by atoms with Crippen LogP contribution in [0.15, 0.2) is 41.8 Å². The monoisotopic (exact) mass is 221 g/mol. The number of rotatable bonds is 0. The topological polar surface area (TPSA) is 12.9 Å². The minimum Gasteiger partial charge on any atom is -0.264 e. The molecule has 0 unspecified atom stereocenters. The lowest BCUT2D eigenvalue weighted by atomic mass is 9.94. The third-order valence-electron chi connectivity index (χ3n) is 3.38. The second-order valence-electron chi connectivity index (χ2n) is 4.56. The predicted molar refractivity (Wildman–Crippen MR) is 69.5 cm³/mol. The number of aromatic nitrogens is 1. The number of nitrogens with zero attached hydrogens (tertiary/aromatic N) is 1. The summed E-state index contributed by atoms with van der Waals surface area (Å²) in [6, 6.07) is 2.03. The first-order valence-corrected chi connectivity index (χ1v) is 6.28. The number of aryl methyl sites for hydroxylation is 1. The van der Waals surface area contributed by atoms with Crippen molar-refractivity contribution in [2.75, 3.05) is 0 Å². The molecule has 1 aromatic heterocycles. The molecule has 84 valence electrons. The van der Waals surface area contributed by atoms with Crippen LogP contribution in [0.5, 0.6) is 0 Å². The fourth-order valence-corrected chi connectivity index (χ4v) is 2.45. The van der Waals surface area contributed by atoms with Crippen molar-refractivity contribution in [3.63, 3.8) is 0 Å². The summed E-state index contributed by atoms with van der Waals surface area (Å²) in [7, 11) is 0. The molecule has 0 spiro atoms. The molecule has 0 atom stereocenters. The van der Waals surface area contributed by atoms with E-state index in [1.807, 2.05) is 18.5 Å². The summed E-state index contributed by atoms with van der Waals surface area (Å²) in [5, 5.41) is 0. The number of hydrogen-bond donors (Lipinski definition) is 0. The van der Waals surface area contributed by atoms with E-state index in [4.69, 9.17) is 0 Å². The fourth-order valence-electron chi connectivity index (χ4n) is 2.45. The summed E-state index contributed by atoms with van der Waals surface area (Å²) in [4.78, 5) is 4.19. The Morgan fingerprint density at radius 3 is 3.00 bits per heavy atom. The zero-order chi connectivity index (χ0) is 11.5. The SMILES string of the molecule is C1#Cc2ccncc2CCCC2=CCCC=C12. The zero-order valence-corrected chi connectivity index (χ0v) is 9.87. The van der Waals surface area contributed by atoms with Gasteiger partial charge in [-0.2, -0.15) is 0 Å². The second kappa shape index (κ2) is 4.59. The average molecular weight is 221 g/mol.